The third-order valence-electron chi connectivity index (χ3n) is 9.35. The predicted molar refractivity (Wildman–Crippen MR) is 209 cm³/mol. The Morgan fingerprint density at radius 2 is 0.840 bits per heavy atom. The Bertz CT molecular complexity index is 2270. The predicted octanol–water partition coefficient (Wildman–Crippen LogP) is 7.89. The van der Waals surface area contributed by atoms with E-state index in [1.165, 1.54) is 48.6 Å². The molecule has 0 aliphatic heterocycles. The van der Waals surface area contributed by atoms with Crippen molar-refractivity contribution in [3.63, 3.8) is 0 Å². The SMILES string of the molecule is F.[F-].c1ccc(COc2ccc3ccccc3c2-c2c([P+](Cc3ccccc3)(c3ccccc3)c3ccccc3)ccc3ccccc23)cc1. The van der Waals surface area contributed by atoms with Crippen molar-refractivity contribution < 1.29 is 14.1 Å². The number of hydrogen-bond acceptors (Lipinski definition) is 1. The van der Waals surface area contributed by atoms with E-state index < -0.39 is 7.26 Å². The van der Waals surface area contributed by atoms with Crippen LogP contribution in [0.2, 0.25) is 0 Å². The largest absolute Gasteiger partial charge is 1.00 e. The molecular formula is C46H37F2OP. The Morgan fingerprint density at radius 1 is 0.400 bits per heavy atom. The summed E-state index contributed by atoms with van der Waals surface area (Å²) < 4.78 is 6.84. The van der Waals surface area contributed by atoms with Crippen LogP contribution in [0, 0.1) is 0 Å². The molecule has 246 valence electrons. The van der Waals surface area contributed by atoms with E-state index in [0.717, 1.165) is 23.0 Å². The zero-order chi connectivity index (χ0) is 32.2. The fraction of sp³-hybridized carbons (Fsp3) is 0.0435. The first-order chi connectivity index (χ1) is 23.8. The van der Waals surface area contributed by atoms with Gasteiger partial charge in [-0.25, -0.2) is 0 Å². The van der Waals surface area contributed by atoms with Gasteiger partial charge in [0.25, 0.3) is 0 Å². The van der Waals surface area contributed by atoms with Gasteiger partial charge in [-0.3, -0.25) is 4.70 Å². The molecule has 0 unspecified atom stereocenters. The molecule has 0 radical (unpaired) electrons. The van der Waals surface area contributed by atoms with E-state index in [-0.39, 0.29) is 9.41 Å². The first-order valence-electron chi connectivity index (χ1n) is 16.6. The average Bonchev–Trinajstić information content (AvgIpc) is 3.17. The van der Waals surface area contributed by atoms with E-state index in [0.29, 0.717) is 6.61 Å². The van der Waals surface area contributed by atoms with E-state index in [2.05, 4.69) is 194 Å². The van der Waals surface area contributed by atoms with Gasteiger partial charge in [-0.2, -0.15) is 0 Å². The van der Waals surface area contributed by atoms with Crippen LogP contribution >= 0.6 is 7.26 Å². The van der Waals surface area contributed by atoms with E-state index >= 15 is 0 Å². The molecule has 8 rings (SSSR count). The molecule has 50 heavy (non-hydrogen) atoms. The Hall–Kier alpha value is -5.63. The molecule has 0 saturated carbocycles. The summed E-state index contributed by atoms with van der Waals surface area (Å²) >= 11 is 0. The maximum atomic E-state index is 6.84. The molecule has 0 aliphatic carbocycles. The van der Waals surface area contributed by atoms with Crippen LogP contribution in [-0.2, 0) is 12.8 Å². The molecule has 8 aromatic carbocycles. The third-order valence-corrected chi connectivity index (χ3v) is 13.7. The van der Waals surface area contributed by atoms with Gasteiger partial charge in [-0.1, -0.05) is 158 Å². The molecule has 0 fully saturated rings. The second-order valence-electron chi connectivity index (χ2n) is 12.2. The highest BCUT2D eigenvalue weighted by molar-refractivity contribution is 7.95. The quantitative estimate of drug-likeness (QED) is 0.142. The lowest BCUT2D eigenvalue weighted by molar-refractivity contribution is -0.0000103. The van der Waals surface area contributed by atoms with E-state index in [1.54, 1.807) is 0 Å². The molecule has 8 aromatic rings. The summed E-state index contributed by atoms with van der Waals surface area (Å²) in [6, 6.07) is 70.7. The van der Waals surface area contributed by atoms with Crippen LogP contribution in [-0.4, -0.2) is 0 Å². The summed E-state index contributed by atoms with van der Waals surface area (Å²) in [7, 11) is -2.31. The second kappa shape index (κ2) is 15.3. The lowest BCUT2D eigenvalue weighted by Gasteiger charge is -2.31. The summed E-state index contributed by atoms with van der Waals surface area (Å²) in [5.41, 5.74) is 4.88. The van der Waals surface area contributed by atoms with Crippen molar-refractivity contribution in [3.8, 4) is 16.9 Å². The van der Waals surface area contributed by atoms with Crippen molar-refractivity contribution in [3.05, 3.63) is 205 Å². The van der Waals surface area contributed by atoms with E-state index in [4.69, 9.17) is 4.74 Å². The van der Waals surface area contributed by atoms with Crippen molar-refractivity contribution in [2.75, 3.05) is 0 Å². The van der Waals surface area contributed by atoms with Gasteiger partial charge in [0.15, 0.2) is 0 Å². The van der Waals surface area contributed by atoms with Crippen molar-refractivity contribution >= 4 is 44.7 Å². The van der Waals surface area contributed by atoms with Crippen LogP contribution in [0.15, 0.2) is 194 Å². The van der Waals surface area contributed by atoms with Gasteiger partial charge < -0.3 is 9.44 Å². The second-order valence-corrected chi connectivity index (χ2v) is 15.7. The van der Waals surface area contributed by atoms with Crippen LogP contribution in [0.1, 0.15) is 11.1 Å². The Labute approximate surface area is 292 Å². The highest BCUT2D eigenvalue weighted by Crippen LogP contribution is 2.61. The van der Waals surface area contributed by atoms with Crippen LogP contribution in [0.4, 0.5) is 4.70 Å². The van der Waals surface area contributed by atoms with Gasteiger partial charge in [-0.05, 0) is 69.1 Å². The molecule has 0 spiro atoms. The number of rotatable bonds is 9. The molecule has 0 aliphatic rings. The van der Waals surface area contributed by atoms with E-state index in [1.807, 2.05) is 0 Å². The first-order valence-corrected chi connectivity index (χ1v) is 18.5. The summed E-state index contributed by atoms with van der Waals surface area (Å²) in [4.78, 5) is 0. The molecule has 0 atom stereocenters. The summed E-state index contributed by atoms with van der Waals surface area (Å²) in [5, 5.41) is 8.94. The maximum Gasteiger partial charge on any atom is 0.128 e. The van der Waals surface area contributed by atoms with Crippen molar-refractivity contribution in [1.29, 1.82) is 0 Å². The molecule has 0 bridgehead atoms. The highest BCUT2D eigenvalue weighted by atomic mass is 31.2. The number of ether oxygens (including phenoxy) is 1. The van der Waals surface area contributed by atoms with Gasteiger partial charge in [-0.15, -0.1) is 0 Å². The van der Waals surface area contributed by atoms with Gasteiger partial charge >= 0.3 is 0 Å². The lowest BCUT2D eigenvalue weighted by Crippen LogP contribution is -3.00. The molecule has 0 aromatic heterocycles. The molecule has 0 amide bonds. The van der Waals surface area contributed by atoms with Crippen LogP contribution < -0.4 is 25.4 Å². The van der Waals surface area contributed by atoms with Gasteiger partial charge in [0.2, 0.25) is 0 Å². The van der Waals surface area contributed by atoms with Crippen molar-refractivity contribution in [1.82, 2.24) is 0 Å². The Morgan fingerprint density at radius 3 is 1.40 bits per heavy atom. The Kier molecular flexibility index (Phi) is 10.5. The minimum Gasteiger partial charge on any atom is -1.00 e. The third kappa shape index (κ3) is 6.41. The summed E-state index contributed by atoms with van der Waals surface area (Å²) in [6.07, 6.45) is 0.901. The fourth-order valence-corrected chi connectivity index (χ4v) is 11.6. The van der Waals surface area contributed by atoms with Gasteiger partial charge in [0.05, 0.1) is 6.16 Å². The smallest absolute Gasteiger partial charge is 0.128 e. The van der Waals surface area contributed by atoms with Crippen LogP contribution in [0.5, 0.6) is 5.75 Å². The molecule has 0 N–H and O–H groups in total. The number of hydrogen-bond donors (Lipinski definition) is 0. The first kappa shape index (κ1) is 34.2. The van der Waals surface area contributed by atoms with Gasteiger partial charge in [0.1, 0.15) is 35.5 Å². The zero-order valence-corrected chi connectivity index (χ0v) is 28.4. The lowest BCUT2D eigenvalue weighted by atomic mass is 9.93. The topological polar surface area (TPSA) is 9.23 Å². The van der Waals surface area contributed by atoms with Crippen molar-refractivity contribution in [2.24, 2.45) is 0 Å². The summed E-state index contributed by atoms with van der Waals surface area (Å²) in [6.45, 7) is 0.494. The number of halogens is 2. The highest BCUT2D eigenvalue weighted by Gasteiger charge is 2.48. The molecule has 1 nitrogen and oxygen atoms in total. The fourth-order valence-electron chi connectivity index (χ4n) is 7.12. The zero-order valence-electron chi connectivity index (χ0n) is 27.5. The molecule has 4 heteroatoms. The maximum absolute atomic E-state index is 6.84. The number of benzene rings is 8. The van der Waals surface area contributed by atoms with E-state index in [9.17, 15) is 0 Å². The summed E-state index contributed by atoms with van der Waals surface area (Å²) in [5.74, 6) is 0.897. The monoisotopic (exact) mass is 674 g/mol. The van der Waals surface area contributed by atoms with Crippen molar-refractivity contribution in [2.45, 2.75) is 12.8 Å². The molecule has 0 saturated heterocycles. The molecule has 0 heterocycles. The standard InChI is InChI=1S/C46H36OP.2FH/c1-5-17-35(18-6-1)33-47-43-31-29-37-21-13-15-27-41(37)45(43)46-42-28-16-14-22-38(42)30-32-44(46)48(39-23-9-3-10-24-39,40-25-11-4-12-26-40)34-36-19-7-2-8-20-36;;/h1-32H,33-34H2;2*1H/q+1;;/p-1. The van der Waals surface area contributed by atoms with Crippen LogP contribution in [0.3, 0.4) is 0 Å². The average molecular weight is 675 g/mol. The van der Waals surface area contributed by atoms with Gasteiger partial charge in [0, 0.05) is 11.1 Å². The minimum atomic E-state index is -2.31. The molecular weight excluding hydrogens is 637 g/mol. The normalized spacial score (nSPS) is 11.0. The van der Waals surface area contributed by atoms with Crippen LogP contribution in [0.25, 0.3) is 32.7 Å². The minimum absolute atomic E-state index is 0. The number of fused-ring (bicyclic) bond motifs is 2. The Balaban J connectivity index is 0.00000216.